The fourth-order valence-electron chi connectivity index (χ4n) is 1.06. The maximum atomic E-state index is 3.51. The van der Waals surface area contributed by atoms with Gasteiger partial charge in [0, 0.05) is 18.6 Å². The molecule has 0 unspecified atom stereocenters. The lowest BCUT2D eigenvalue weighted by atomic mass is 9.93. The Balaban J connectivity index is 1.93. The number of rotatable bonds is 4. The first-order chi connectivity index (χ1) is 4.83. The van der Waals surface area contributed by atoms with Crippen LogP contribution in [-0.4, -0.2) is 25.7 Å². The molecular weight excluding hydrogens is 124 g/mol. The zero-order chi connectivity index (χ0) is 7.40. The van der Waals surface area contributed by atoms with E-state index in [-0.39, 0.29) is 0 Å². The third-order valence-electron chi connectivity index (χ3n) is 2.31. The van der Waals surface area contributed by atoms with Crippen LogP contribution in [0.4, 0.5) is 0 Å². The van der Waals surface area contributed by atoms with E-state index in [9.17, 15) is 0 Å². The zero-order valence-corrected chi connectivity index (χ0v) is 6.98. The fourth-order valence-corrected chi connectivity index (χ4v) is 1.06. The Labute approximate surface area is 63.4 Å². The van der Waals surface area contributed by atoms with Gasteiger partial charge >= 0.3 is 0 Å². The third-order valence-corrected chi connectivity index (χ3v) is 2.31. The van der Waals surface area contributed by atoms with Gasteiger partial charge < -0.3 is 10.6 Å². The molecule has 0 aromatic heterocycles. The molecule has 60 valence electrons. The summed E-state index contributed by atoms with van der Waals surface area (Å²) in [5.41, 5.74) is 0. The van der Waals surface area contributed by atoms with E-state index >= 15 is 0 Å². The van der Waals surface area contributed by atoms with E-state index in [4.69, 9.17) is 0 Å². The smallest absolute Gasteiger partial charge is 0.0161 e. The first-order valence-electron chi connectivity index (χ1n) is 4.23. The molecule has 0 heterocycles. The average Bonchev–Trinajstić information content (AvgIpc) is 1.84. The van der Waals surface area contributed by atoms with E-state index in [1.165, 1.54) is 19.3 Å². The molecule has 1 fully saturated rings. The van der Waals surface area contributed by atoms with Gasteiger partial charge in [-0.1, -0.05) is 6.42 Å². The van der Waals surface area contributed by atoms with Crippen molar-refractivity contribution >= 4 is 0 Å². The van der Waals surface area contributed by atoms with Crippen LogP contribution < -0.4 is 10.6 Å². The molecule has 2 N–H and O–H groups in total. The molecule has 1 rings (SSSR count). The third kappa shape index (κ3) is 2.27. The molecule has 0 aromatic carbocycles. The normalized spacial score (nSPS) is 22.2. The molecule has 0 aromatic rings. The summed E-state index contributed by atoms with van der Waals surface area (Å²) in [6.07, 6.45) is 4.19. The van der Waals surface area contributed by atoms with Crippen molar-refractivity contribution in [3.05, 3.63) is 0 Å². The molecule has 1 aliphatic carbocycles. The molecule has 0 radical (unpaired) electrons. The predicted molar refractivity (Wildman–Crippen MR) is 44.2 cm³/mol. The van der Waals surface area contributed by atoms with Gasteiger partial charge in [-0.25, -0.2) is 0 Å². The van der Waals surface area contributed by atoms with Crippen LogP contribution in [0.3, 0.4) is 0 Å². The van der Waals surface area contributed by atoms with Crippen LogP contribution in [0.25, 0.3) is 0 Å². The van der Waals surface area contributed by atoms with Crippen LogP contribution in [0.2, 0.25) is 0 Å². The molecule has 0 bridgehead atoms. The highest BCUT2D eigenvalue weighted by Crippen LogP contribution is 2.17. The van der Waals surface area contributed by atoms with Crippen molar-refractivity contribution in [2.24, 2.45) is 0 Å². The topological polar surface area (TPSA) is 24.1 Å². The highest BCUT2D eigenvalue weighted by atomic mass is 15.0. The van der Waals surface area contributed by atoms with Gasteiger partial charge in [0.25, 0.3) is 0 Å². The number of hydrogen-bond acceptors (Lipinski definition) is 2. The molecule has 1 saturated carbocycles. The Hall–Kier alpha value is -0.0800. The first kappa shape index (κ1) is 8.02. The summed E-state index contributed by atoms with van der Waals surface area (Å²) in [6, 6.07) is 1.44. The molecule has 1 atom stereocenters. The molecule has 1 aliphatic rings. The molecule has 0 spiro atoms. The van der Waals surface area contributed by atoms with Crippen molar-refractivity contribution in [1.29, 1.82) is 0 Å². The van der Waals surface area contributed by atoms with E-state index in [0.717, 1.165) is 12.6 Å². The van der Waals surface area contributed by atoms with Crippen molar-refractivity contribution in [2.75, 3.05) is 13.6 Å². The van der Waals surface area contributed by atoms with E-state index in [0.29, 0.717) is 6.04 Å². The Bertz CT molecular complexity index is 84.5. The molecule has 0 saturated heterocycles. The lowest BCUT2D eigenvalue weighted by molar-refractivity contribution is 0.328. The maximum absolute atomic E-state index is 3.51. The Kier molecular flexibility index (Phi) is 3.16. The summed E-state index contributed by atoms with van der Waals surface area (Å²) in [6.45, 7) is 3.31. The highest BCUT2D eigenvalue weighted by molar-refractivity contribution is 4.77. The van der Waals surface area contributed by atoms with Crippen LogP contribution in [0, 0.1) is 0 Å². The van der Waals surface area contributed by atoms with Crippen LogP contribution >= 0.6 is 0 Å². The van der Waals surface area contributed by atoms with Gasteiger partial charge in [-0.15, -0.1) is 0 Å². The molecule has 0 aliphatic heterocycles. The SMILES string of the molecule is CN[C@@H](C)CNC1CCC1. The summed E-state index contributed by atoms with van der Waals surface area (Å²) in [4.78, 5) is 0. The lowest BCUT2D eigenvalue weighted by Crippen LogP contribution is -2.42. The molecule has 10 heavy (non-hydrogen) atoms. The van der Waals surface area contributed by atoms with Crippen LogP contribution in [0.15, 0.2) is 0 Å². The molecule has 2 nitrogen and oxygen atoms in total. The zero-order valence-electron chi connectivity index (χ0n) is 6.98. The van der Waals surface area contributed by atoms with Gasteiger partial charge in [0.1, 0.15) is 0 Å². The van der Waals surface area contributed by atoms with Gasteiger partial charge in [0.2, 0.25) is 0 Å². The summed E-state index contributed by atoms with van der Waals surface area (Å²) in [5, 5.41) is 6.71. The number of nitrogens with one attached hydrogen (secondary N) is 2. The summed E-state index contributed by atoms with van der Waals surface area (Å²) in [5.74, 6) is 0. The van der Waals surface area contributed by atoms with Crippen molar-refractivity contribution in [2.45, 2.75) is 38.3 Å². The van der Waals surface area contributed by atoms with E-state index in [2.05, 4.69) is 17.6 Å². The van der Waals surface area contributed by atoms with Crippen LogP contribution in [0.1, 0.15) is 26.2 Å². The Morgan fingerprint density at radius 2 is 2.20 bits per heavy atom. The van der Waals surface area contributed by atoms with E-state index in [1.54, 1.807) is 0 Å². The lowest BCUT2D eigenvalue weighted by Gasteiger charge is -2.27. The monoisotopic (exact) mass is 142 g/mol. The second-order valence-electron chi connectivity index (χ2n) is 3.23. The van der Waals surface area contributed by atoms with Gasteiger partial charge in [-0.3, -0.25) is 0 Å². The minimum atomic E-state index is 0.612. The standard InChI is InChI=1S/C8H18N2/c1-7(9-2)6-10-8-4-3-5-8/h7-10H,3-6H2,1-2H3/t7-/m0/s1. The summed E-state index contributed by atoms with van der Waals surface area (Å²) in [7, 11) is 2.01. The second-order valence-corrected chi connectivity index (χ2v) is 3.23. The van der Waals surface area contributed by atoms with E-state index < -0.39 is 0 Å². The fraction of sp³-hybridized carbons (Fsp3) is 1.00. The van der Waals surface area contributed by atoms with Crippen molar-refractivity contribution in [1.82, 2.24) is 10.6 Å². The second kappa shape index (κ2) is 3.94. The van der Waals surface area contributed by atoms with Gasteiger partial charge in [-0.2, -0.15) is 0 Å². The summed E-state index contributed by atoms with van der Waals surface area (Å²) < 4.78 is 0. The minimum Gasteiger partial charge on any atom is -0.316 e. The van der Waals surface area contributed by atoms with Crippen LogP contribution in [0.5, 0.6) is 0 Å². The van der Waals surface area contributed by atoms with Crippen molar-refractivity contribution in [3.8, 4) is 0 Å². The minimum absolute atomic E-state index is 0.612. The largest absolute Gasteiger partial charge is 0.316 e. The Morgan fingerprint density at radius 1 is 1.50 bits per heavy atom. The highest BCUT2D eigenvalue weighted by Gasteiger charge is 2.16. The quantitative estimate of drug-likeness (QED) is 0.605. The number of likely N-dealkylation sites (N-methyl/N-ethyl adjacent to an activating group) is 1. The molecular formula is C8H18N2. The predicted octanol–water partition coefficient (Wildman–Crippen LogP) is 0.736. The average molecular weight is 142 g/mol. The molecule has 0 amide bonds. The molecule has 2 heteroatoms. The Morgan fingerprint density at radius 3 is 2.60 bits per heavy atom. The van der Waals surface area contributed by atoms with Crippen LogP contribution in [-0.2, 0) is 0 Å². The van der Waals surface area contributed by atoms with E-state index in [1.807, 2.05) is 7.05 Å². The first-order valence-corrected chi connectivity index (χ1v) is 4.23. The van der Waals surface area contributed by atoms with Gasteiger partial charge in [0.05, 0.1) is 0 Å². The van der Waals surface area contributed by atoms with Gasteiger partial charge in [0.15, 0.2) is 0 Å². The number of hydrogen-bond donors (Lipinski definition) is 2. The van der Waals surface area contributed by atoms with Gasteiger partial charge in [-0.05, 0) is 26.8 Å². The maximum Gasteiger partial charge on any atom is 0.0161 e. The van der Waals surface area contributed by atoms with Crippen molar-refractivity contribution < 1.29 is 0 Å². The summed E-state index contributed by atoms with van der Waals surface area (Å²) >= 11 is 0. The van der Waals surface area contributed by atoms with Crippen molar-refractivity contribution in [3.63, 3.8) is 0 Å².